The highest BCUT2D eigenvalue weighted by Gasteiger charge is 2.64. The third-order valence-electron chi connectivity index (χ3n) is 8.60. The summed E-state index contributed by atoms with van der Waals surface area (Å²) in [4.78, 5) is 16.0. The topological polar surface area (TPSA) is 106 Å². The molecule has 0 aliphatic carbocycles. The van der Waals surface area contributed by atoms with Crippen molar-refractivity contribution in [3.05, 3.63) is 46.4 Å². The van der Waals surface area contributed by atoms with Crippen LogP contribution in [0.5, 0.6) is 11.5 Å². The van der Waals surface area contributed by atoms with Crippen molar-refractivity contribution in [2.75, 3.05) is 13.7 Å². The zero-order chi connectivity index (χ0) is 30.9. The predicted molar refractivity (Wildman–Crippen MR) is 149 cm³/mol. The highest BCUT2D eigenvalue weighted by Crippen LogP contribution is 2.45. The lowest BCUT2D eigenvalue weighted by Crippen LogP contribution is -2.45. The summed E-state index contributed by atoms with van der Waals surface area (Å²) in [6.45, 7) is 13.8. The van der Waals surface area contributed by atoms with Gasteiger partial charge in [-0.25, -0.2) is 9.50 Å². The molecule has 42 heavy (non-hydrogen) atoms. The summed E-state index contributed by atoms with van der Waals surface area (Å²) in [6, 6.07) is 6.58. The fraction of sp³-hybridized carbons (Fsp3) is 0.556. The van der Waals surface area contributed by atoms with Gasteiger partial charge >= 0.3 is 20.2 Å². The molecule has 4 heterocycles. The lowest BCUT2D eigenvalue weighted by molar-refractivity contribution is -0.142. The summed E-state index contributed by atoms with van der Waals surface area (Å²) in [6.07, 6.45) is -4.33. The molecule has 0 amide bonds. The van der Waals surface area contributed by atoms with E-state index in [1.54, 1.807) is 18.2 Å². The van der Waals surface area contributed by atoms with E-state index >= 15 is 0 Å². The van der Waals surface area contributed by atoms with Crippen LogP contribution in [-0.4, -0.2) is 64.7 Å². The van der Waals surface area contributed by atoms with Gasteiger partial charge in [-0.15, -0.1) is 0 Å². The first-order valence-electron chi connectivity index (χ1n) is 13.6. The Morgan fingerprint density at radius 2 is 1.52 bits per heavy atom. The molecule has 3 aromatic rings. The van der Waals surface area contributed by atoms with Crippen LogP contribution in [0.25, 0.3) is 16.9 Å². The molecule has 0 radical (unpaired) electrons. The maximum Gasteiger partial charge on any atom is 0.489 e. The number of methoxy groups -OCH3 is 1. The zero-order valence-corrected chi connectivity index (χ0v) is 24.8. The number of hydrogen-bond donors (Lipinski definition) is 1. The third kappa shape index (κ3) is 5.31. The van der Waals surface area contributed by atoms with Crippen molar-refractivity contribution < 1.29 is 41.3 Å². The van der Waals surface area contributed by atoms with Gasteiger partial charge in [0.05, 0.1) is 41.8 Å². The van der Waals surface area contributed by atoms with Crippen molar-refractivity contribution in [3.63, 3.8) is 0 Å². The van der Waals surface area contributed by atoms with Crippen LogP contribution in [-0.2, 0) is 24.8 Å². The predicted octanol–water partition coefficient (Wildman–Crippen LogP) is 4.73. The summed E-state index contributed by atoms with van der Waals surface area (Å²) >= 11 is 0. The molecular formula is C27H34B2F3N3O7. The Hall–Kier alpha value is -3.00. The van der Waals surface area contributed by atoms with E-state index in [2.05, 4.69) is 10.1 Å². The van der Waals surface area contributed by atoms with Gasteiger partial charge in [-0.1, -0.05) is 0 Å². The molecular weight excluding hydrogens is 557 g/mol. The molecule has 0 saturated carbocycles. The number of nitrogens with one attached hydrogen (secondary N) is 1. The molecule has 1 atom stereocenters. The second-order valence-corrected chi connectivity index (χ2v) is 12.3. The van der Waals surface area contributed by atoms with E-state index in [1.807, 2.05) is 48.5 Å². The number of halogens is 3. The van der Waals surface area contributed by atoms with Crippen LogP contribution >= 0.6 is 0 Å². The van der Waals surface area contributed by atoms with Crippen molar-refractivity contribution in [2.45, 2.75) is 83.5 Å². The van der Waals surface area contributed by atoms with Gasteiger partial charge in [0.2, 0.25) is 0 Å². The van der Waals surface area contributed by atoms with Crippen LogP contribution in [0.3, 0.4) is 0 Å². The van der Waals surface area contributed by atoms with Gasteiger partial charge in [0.15, 0.2) is 17.1 Å². The Bertz CT molecular complexity index is 1540. The Labute approximate surface area is 242 Å². The molecule has 2 saturated heterocycles. The molecule has 1 aromatic carbocycles. The first-order chi connectivity index (χ1) is 19.4. The van der Waals surface area contributed by atoms with E-state index in [0.717, 1.165) is 12.1 Å². The standard InChI is InChI=1S/C27H34B2F3N3O7/c1-23(2)24(3,4)40-28(39-23)29-41-25(5,6)26(7,42-29)11-12-38-19-13-16(9-10-18(19)37-8)17-14-20(27(30,31)32)35-21(33-17)15-22(36)34-35/h9-10,13-15H,11-12H2,1-8H3,(H,34,36). The van der Waals surface area contributed by atoms with Gasteiger partial charge in [-0.05, 0) is 72.7 Å². The fourth-order valence-corrected chi connectivity index (χ4v) is 4.97. The molecule has 2 fully saturated rings. The number of alkyl halides is 3. The molecule has 1 unspecified atom stereocenters. The molecule has 2 aromatic heterocycles. The molecule has 0 spiro atoms. The quantitative estimate of drug-likeness (QED) is 0.394. The van der Waals surface area contributed by atoms with Gasteiger partial charge in [0.25, 0.3) is 5.56 Å². The number of aromatic amines is 1. The summed E-state index contributed by atoms with van der Waals surface area (Å²) in [5.41, 5.74) is -4.16. The monoisotopic (exact) mass is 591 g/mol. The SMILES string of the molecule is COc1ccc(-c2cc(C(F)(F)F)n3[nH]c(=O)cc3n2)cc1OCCC1(C)OB(B2OC(C)(C)C(C)(C)O2)OC1(C)C. The number of fused-ring (bicyclic) bond motifs is 1. The number of aromatic nitrogens is 3. The van der Waals surface area contributed by atoms with Gasteiger partial charge in [0.1, 0.15) is 5.69 Å². The molecule has 1 N–H and O–H groups in total. The first-order valence-corrected chi connectivity index (χ1v) is 13.6. The number of ether oxygens (including phenoxy) is 2. The van der Waals surface area contributed by atoms with Gasteiger partial charge in [0, 0.05) is 18.1 Å². The highest BCUT2D eigenvalue weighted by molar-refractivity contribution is 7.11. The largest absolute Gasteiger partial charge is 0.493 e. The van der Waals surface area contributed by atoms with E-state index in [-0.39, 0.29) is 17.9 Å². The van der Waals surface area contributed by atoms with Crippen molar-refractivity contribution in [3.8, 4) is 22.8 Å². The number of nitrogens with zero attached hydrogens (tertiary/aromatic N) is 2. The molecule has 15 heteroatoms. The van der Waals surface area contributed by atoms with E-state index in [4.69, 9.17) is 28.1 Å². The van der Waals surface area contributed by atoms with Crippen LogP contribution in [0.1, 0.15) is 60.6 Å². The van der Waals surface area contributed by atoms with Crippen LogP contribution < -0.4 is 15.0 Å². The molecule has 0 bridgehead atoms. The Morgan fingerprint density at radius 3 is 2.14 bits per heavy atom. The van der Waals surface area contributed by atoms with Gasteiger partial charge in [-0.3, -0.25) is 9.89 Å². The average Bonchev–Trinajstić information content (AvgIpc) is 3.44. The second-order valence-electron chi connectivity index (χ2n) is 12.3. The lowest BCUT2D eigenvalue weighted by Gasteiger charge is -2.36. The molecule has 5 rings (SSSR count). The van der Waals surface area contributed by atoms with Crippen molar-refractivity contribution >= 4 is 19.7 Å². The minimum atomic E-state index is -4.73. The number of benzene rings is 1. The van der Waals surface area contributed by atoms with Crippen molar-refractivity contribution in [2.24, 2.45) is 0 Å². The zero-order valence-electron chi connectivity index (χ0n) is 24.8. The van der Waals surface area contributed by atoms with Gasteiger partial charge < -0.3 is 28.1 Å². The third-order valence-corrected chi connectivity index (χ3v) is 8.60. The maximum atomic E-state index is 13.8. The molecule has 226 valence electrons. The molecule has 10 nitrogen and oxygen atoms in total. The summed E-state index contributed by atoms with van der Waals surface area (Å²) < 4.78 is 78.4. The number of H-pyrrole nitrogens is 1. The second kappa shape index (κ2) is 10.0. The fourth-order valence-electron chi connectivity index (χ4n) is 4.97. The van der Waals surface area contributed by atoms with E-state index in [1.165, 1.54) is 7.11 Å². The van der Waals surface area contributed by atoms with Crippen LogP contribution in [0.15, 0.2) is 35.1 Å². The van der Waals surface area contributed by atoms with Gasteiger partial charge in [-0.2, -0.15) is 13.2 Å². The Kier molecular flexibility index (Phi) is 7.28. The average molecular weight is 591 g/mol. The summed E-state index contributed by atoms with van der Waals surface area (Å²) in [7, 11) is -0.00185. The number of hydrogen-bond acceptors (Lipinski definition) is 8. The Balaban J connectivity index is 1.35. The molecule has 2 aliphatic heterocycles. The molecule has 2 aliphatic rings. The smallest absolute Gasteiger partial charge is 0.489 e. The minimum absolute atomic E-state index is 0.0136. The Morgan fingerprint density at radius 1 is 0.905 bits per heavy atom. The first kappa shape index (κ1) is 30.5. The van der Waals surface area contributed by atoms with Crippen LogP contribution in [0.4, 0.5) is 13.2 Å². The summed E-state index contributed by atoms with van der Waals surface area (Å²) in [5.74, 6) is 0.691. The van der Waals surface area contributed by atoms with E-state index < -0.39 is 53.9 Å². The number of rotatable bonds is 7. The maximum absolute atomic E-state index is 13.8. The summed E-state index contributed by atoms with van der Waals surface area (Å²) in [5, 5.41) is 2.13. The minimum Gasteiger partial charge on any atom is -0.493 e. The highest BCUT2D eigenvalue weighted by atomic mass is 19.4. The van der Waals surface area contributed by atoms with Crippen LogP contribution in [0.2, 0.25) is 0 Å². The van der Waals surface area contributed by atoms with Crippen molar-refractivity contribution in [1.82, 2.24) is 14.6 Å². The van der Waals surface area contributed by atoms with E-state index in [9.17, 15) is 18.0 Å². The lowest BCUT2D eigenvalue weighted by atomic mass is 9.49. The normalized spacial score (nSPS) is 23.1. The van der Waals surface area contributed by atoms with Crippen LogP contribution in [0, 0.1) is 0 Å². The van der Waals surface area contributed by atoms with Crippen molar-refractivity contribution in [1.29, 1.82) is 0 Å². The van der Waals surface area contributed by atoms with E-state index in [0.29, 0.717) is 28.0 Å².